The number of aromatic nitrogens is 1. The molecule has 6 heteroatoms. The van der Waals surface area contributed by atoms with Gasteiger partial charge in [-0.05, 0) is 25.2 Å². The monoisotopic (exact) mass is 368 g/mol. The largest absolute Gasteiger partial charge is 0.481 e. The fraction of sp³-hybridized carbons (Fsp3) is 0.350. The van der Waals surface area contributed by atoms with E-state index in [2.05, 4.69) is 10.3 Å². The normalized spacial score (nSPS) is 27.4. The van der Waals surface area contributed by atoms with Crippen LogP contribution in [0.5, 0.6) is 0 Å². The topological polar surface area (TPSA) is 79.3 Å². The van der Waals surface area contributed by atoms with Crippen molar-refractivity contribution < 1.29 is 14.7 Å². The second-order valence-electron chi connectivity index (χ2n) is 7.01. The van der Waals surface area contributed by atoms with Gasteiger partial charge in [0.05, 0.1) is 23.6 Å². The van der Waals surface area contributed by atoms with Gasteiger partial charge in [-0.25, -0.2) is 4.98 Å². The number of amides is 1. The molecule has 1 fully saturated rings. The van der Waals surface area contributed by atoms with Crippen molar-refractivity contribution >= 4 is 23.2 Å². The van der Waals surface area contributed by atoms with Crippen LogP contribution >= 0.6 is 11.3 Å². The first kappa shape index (κ1) is 17.0. The van der Waals surface area contributed by atoms with E-state index in [4.69, 9.17) is 0 Å². The smallest absolute Gasteiger partial charge is 0.307 e. The Morgan fingerprint density at radius 1 is 1.19 bits per heavy atom. The standard InChI is InChI=1S/C20H20N2O3S/c1-11(19-22-15(10-26-19)12-5-3-2-4-6-12)21-18(23)16-13-7-8-14(9-13)17(16)20(24)25/h2-8,10-11,13-14,16-17H,9H2,1H3,(H,21,23)(H,24,25)/t11-,13-,14-,16-,17-/m0/s1. The Morgan fingerprint density at radius 3 is 2.58 bits per heavy atom. The van der Waals surface area contributed by atoms with Gasteiger partial charge < -0.3 is 10.4 Å². The molecule has 4 rings (SSSR count). The molecule has 134 valence electrons. The van der Waals surface area contributed by atoms with Crippen LogP contribution in [0.3, 0.4) is 0 Å². The Morgan fingerprint density at radius 2 is 1.88 bits per heavy atom. The third-order valence-corrected chi connectivity index (χ3v) is 6.40. The maximum absolute atomic E-state index is 12.8. The fourth-order valence-corrected chi connectivity index (χ4v) is 4.95. The zero-order chi connectivity index (χ0) is 18.3. The molecule has 2 aliphatic carbocycles. The molecule has 0 spiro atoms. The van der Waals surface area contributed by atoms with Crippen LogP contribution in [0.15, 0.2) is 47.9 Å². The van der Waals surface area contributed by atoms with Crippen molar-refractivity contribution in [1.82, 2.24) is 10.3 Å². The Kier molecular flexibility index (Phi) is 4.36. The van der Waals surface area contributed by atoms with Crippen LogP contribution in [-0.2, 0) is 9.59 Å². The summed E-state index contributed by atoms with van der Waals surface area (Å²) in [5.74, 6) is -2.15. The second kappa shape index (κ2) is 6.68. The Hall–Kier alpha value is -2.47. The lowest BCUT2D eigenvalue weighted by atomic mass is 9.82. The predicted molar refractivity (Wildman–Crippen MR) is 99.5 cm³/mol. The molecule has 2 N–H and O–H groups in total. The molecule has 0 saturated heterocycles. The predicted octanol–water partition coefficient (Wildman–Crippen LogP) is 3.51. The number of aliphatic carboxylic acids is 1. The number of carbonyl (C=O) groups excluding carboxylic acids is 1. The van der Waals surface area contributed by atoms with Crippen LogP contribution in [0.25, 0.3) is 11.3 Å². The van der Waals surface area contributed by atoms with Gasteiger partial charge >= 0.3 is 5.97 Å². The summed E-state index contributed by atoms with van der Waals surface area (Å²) >= 11 is 1.50. The Balaban J connectivity index is 1.47. The van der Waals surface area contributed by atoms with Crippen molar-refractivity contribution in [2.45, 2.75) is 19.4 Å². The molecule has 2 bridgehead atoms. The quantitative estimate of drug-likeness (QED) is 0.792. The van der Waals surface area contributed by atoms with Gasteiger partial charge in [-0.1, -0.05) is 42.5 Å². The molecule has 1 saturated carbocycles. The number of benzene rings is 1. The van der Waals surface area contributed by atoms with E-state index in [9.17, 15) is 14.7 Å². The fourth-order valence-electron chi connectivity index (χ4n) is 4.12. The van der Waals surface area contributed by atoms with E-state index in [1.807, 2.05) is 54.8 Å². The minimum absolute atomic E-state index is 0.0203. The third kappa shape index (κ3) is 2.94. The summed E-state index contributed by atoms with van der Waals surface area (Å²) in [6, 6.07) is 9.65. The Bertz CT molecular complexity index is 861. The average Bonchev–Trinajstić information content (AvgIpc) is 3.37. The van der Waals surface area contributed by atoms with Crippen molar-refractivity contribution in [3.8, 4) is 11.3 Å². The summed E-state index contributed by atoms with van der Waals surface area (Å²) in [4.78, 5) is 29.0. The maximum atomic E-state index is 12.8. The zero-order valence-electron chi connectivity index (χ0n) is 14.3. The van der Waals surface area contributed by atoms with Gasteiger partial charge in [0.1, 0.15) is 5.01 Å². The van der Waals surface area contributed by atoms with Crippen molar-refractivity contribution in [3.05, 3.63) is 52.9 Å². The van der Waals surface area contributed by atoms with Gasteiger partial charge in [-0.2, -0.15) is 0 Å². The molecule has 5 nitrogen and oxygen atoms in total. The number of nitrogens with zero attached hydrogens (tertiary/aromatic N) is 1. The summed E-state index contributed by atoms with van der Waals surface area (Å²) in [6.45, 7) is 1.89. The van der Waals surface area contributed by atoms with Crippen molar-refractivity contribution in [3.63, 3.8) is 0 Å². The number of rotatable bonds is 5. The summed E-state index contributed by atoms with van der Waals surface area (Å²) in [5, 5.41) is 15.3. The molecular formula is C20H20N2O3S. The van der Waals surface area contributed by atoms with Crippen molar-refractivity contribution in [2.24, 2.45) is 23.7 Å². The molecule has 1 aromatic carbocycles. The van der Waals surface area contributed by atoms with Crippen LogP contribution in [0.4, 0.5) is 0 Å². The summed E-state index contributed by atoms with van der Waals surface area (Å²) < 4.78 is 0. The van der Waals surface area contributed by atoms with Gasteiger partial charge in [-0.15, -0.1) is 11.3 Å². The van der Waals surface area contributed by atoms with Crippen molar-refractivity contribution in [2.75, 3.05) is 0 Å². The van der Waals surface area contributed by atoms with Gasteiger partial charge in [0, 0.05) is 10.9 Å². The molecule has 0 unspecified atom stereocenters. The molecule has 1 aromatic heterocycles. The van der Waals surface area contributed by atoms with Crippen molar-refractivity contribution in [1.29, 1.82) is 0 Å². The van der Waals surface area contributed by atoms with E-state index in [-0.39, 0.29) is 23.8 Å². The lowest BCUT2D eigenvalue weighted by molar-refractivity contribution is -0.148. The first-order valence-corrected chi connectivity index (χ1v) is 9.65. The molecule has 1 heterocycles. The van der Waals surface area contributed by atoms with Crippen LogP contribution in [0.2, 0.25) is 0 Å². The summed E-state index contributed by atoms with van der Waals surface area (Å²) in [5.41, 5.74) is 1.93. The summed E-state index contributed by atoms with van der Waals surface area (Å²) in [6.07, 6.45) is 4.71. The lowest BCUT2D eigenvalue weighted by Crippen LogP contribution is -2.41. The van der Waals surface area contributed by atoms with Crippen LogP contribution in [0.1, 0.15) is 24.4 Å². The number of allylic oxidation sites excluding steroid dienone is 2. The molecule has 5 atom stereocenters. The van der Waals surface area contributed by atoms with E-state index < -0.39 is 17.8 Å². The van der Waals surface area contributed by atoms with Gasteiger partial charge in [0.25, 0.3) is 0 Å². The maximum Gasteiger partial charge on any atom is 0.307 e. The van der Waals surface area contributed by atoms with E-state index in [0.717, 1.165) is 22.7 Å². The highest BCUT2D eigenvalue weighted by atomic mass is 32.1. The number of thiazole rings is 1. The zero-order valence-corrected chi connectivity index (χ0v) is 15.1. The van der Waals surface area contributed by atoms with Gasteiger partial charge in [-0.3, -0.25) is 9.59 Å². The molecular weight excluding hydrogens is 348 g/mol. The SMILES string of the molecule is C[C@H](NC(=O)[C@@H]1[C@@H](C(=O)O)[C@H]2C=C[C@H]1C2)c1nc(-c2ccccc2)cs1. The van der Waals surface area contributed by atoms with E-state index >= 15 is 0 Å². The van der Waals surface area contributed by atoms with E-state index in [0.29, 0.717) is 0 Å². The van der Waals surface area contributed by atoms with E-state index in [1.165, 1.54) is 11.3 Å². The first-order valence-electron chi connectivity index (χ1n) is 8.77. The number of carbonyl (C=O) groups is 2. The van der Waals surface area contributed by atoms with Crippen LogP contribution in [-0.4, -0.2) is 22.0 Å². The average molecular weight is 368 g/mol. The number of hydrogen-bond acceptors (Lipinski definition) is 4. The highest BCUT2D eigenvalue weighted by molar-refractivity contribution is 7.10. The highest BCUT2D eigenvalue weighted by Crippen LogP contribution is 2.48. The second-order valence-corrected chi connectivity index (χ2v) is 7.90. The molecule has 26 heavy (non-hydrogen) atoms. The number of carboxylic acid groups (broad SMARTS) is 1. The lowest BCUT2D eigenvalue weighted by Gasteiger charge is -2.25. The first-order chi connectivity index (χ1) is 12.5. The van der Waals surface area contributed by atoms with Gasteiger partial charge in [0.15, 0.2) is 0 Å². The number of fused-ring (bicyclic) bond motifs is 2. The third-order valence-electron chi connectivity index (χ3n) is 5.37. The van der Waals surface area contributed by atoms with Crippen LogP contribution < -0.4 is 5.32 Å². The number of carboxylic acids is 1. The van der Waals surface area contributed by atoms with Crippen LogP contribution in [0, 0.1) is 23.7 Å². The number of hydrogen-bond donors (Lipinski definition) is 2. The summed E-state index contributed by atoms with van der Waals surface area (Å²) in [7, 11) is 0. The minimum Gasteiger partial charge on any atom is -0.481 e. The van der Waals surface area contributed by atoms with Gasteiger partial charge in [0.2, 0.25) is 5.91 Å². The molecule has 1 amide bonds. The minimum atomic E-state index is -0.879. The molecule has 0 aliphatic heterocycles. The molecule has 2 aliphatic rings. The number of nitrogens with one attached hydrogen (secondary N) is 1. The van der Waals surface area contributed by atoms with E-state index in [1.54, 1.807) is 0 Å². The highest BCUT2D eigenvalue weighted by Gasteiger charge is 2.51. The molecule has 2 aromatic rings. The Labute approximate surface area is 155 Å². The molecule has 0 radical (unpaired) electrons.